The molecule has 6 nitrogen and oxygen atoms in total. The van der Waals surface area contributed by atoms with Gasteiger partial charge in [-0.2, -0.15) is 0 Å². The lowest BCUT2D eigenvalue weighted by Crippen LogP contribution is -2.30. The van der Waals surface area contributed by atoms with Crippen LogP contribution in [0.4, 0.5) is 0 Å². The molecule has 0 bridgehead atoms. The zero-order valence-electron chi connectivity index (χ0n) is 11.5. The molecular formula is C14H17N3O3. The van der Waals surface area contributed by atoms with Crippen LogP contribution in [-0.4, -0.2) is 41.0 Å². The minimum absolute atomic E-state index is 0.127. The van der Waals surface area contributed by atoms with Gasteiger partial charge < -0.3 is 9.72 Å². The Kier molecular flexibility index (Phi) is 4.47. The third kappa shape index (κ3) is 3.42. The number of likely N-dealkylation sites (N-methyl/N-ethyl adjacent to an activating group) is 1. The minimum Gasteiger partial charge on any atom is -0.465 e. The van der Waals surface area contributed by atoms with E-state index < -0.39 is 0 Å². The molecule has 2 rings (SSSR count). The molecule has 0 aliphatic carbocycles. The average Bonchev–Trinajstić information content (AvgIpc) is 2.39. The Morgan fingerprint density at radius 1 is 1.40 bits per heavy atom. The van der Waals surface area contributed by atoms with Crippen LogP contribution < -0.4 is 5.56 Å². The normalized spacial score (nSPS) is 10.9. The van der Waals surface area contributed by atoms with E-state index >= 15 is 0 Å². The van der Waals surface area contributed by atoms with Crippen molar-refractivity contribution in [3.63, 3.8) is 0 Å². The number of benzene rings is 1. The van der Waals surface area contributed by atoms with Crippen molar-refractivity contribution in [3.05, 3.63) is 40.3 Å². The lowest BCUT2D eigenvalue weighted by atomic mass is 10.3. The zero-order chi connectivity index (χ0) is 14.5. The van der Waals surface area contributed by atoms with Crippen LogP contribution >= 0.6 is 0 Å². The number of H-pyrrole nitrogens is 1. The highest BCUT2D eigenvalue weighted by atomic mass is 16.5. The zero-order valence-corrected chi connectivity index (χ0v) is 11.5. The summed E-state index contributed by atoms with van der Waals surface area (Å²) in [5.74, 6) is -0.313. The number of carbonyl (C=O) groups excluding carboxylic acids is 1. The van der Waals surface area contributed by atoms with E-state index in [-0.39, 0.29) is 18.1 Å². The minimum atomic E-state index is -0.313. The molecule has 106 valence electrons. The molecule has 0 spiro atoms. The fraction of sp³-hybridized carbons (Fsp3) is 0.357. The first kappa shape index (κ1) is 14.2. The molecule has 1 N–H and O–H groups in total. The van der Waals surface area contributed by atoms with E-state index in [0.717, 1.165) is 5.52 Å². The number of para-hydroxylation sites is 2. The van der Waals surface area contributed by atoms with E-state index in [1.807, 2.05) is 18.2 Å². The number of hydrogen-bond acceptors (Lipinski definition) is 5. The molecule has 0 amide bonds. The van der Waals surface area contributed by atoms with Crippen molar-refractivity contribution in [2.24, 2.45) is 0 Å². The van der Waals surface area contributed by atoms with Gasteiger partial charge in [0.15, 0.2) is 0 Å². The van der Waals surface area contributed by atoms with Crippen LogP contribution in [0.2, 0.25) is 0 Å². The molecule has 0 saturated carbocycles. The molecular weight excluding hydrogens is 258 g/mol. The number of nitrogens with zero attached hydrogens (tertiary/aromatic N) is 2. The van der Waals surface area contributed by atoms with Crippen LogP contribution in [-0.2, 0) is 16.1 Å². The Balaban J connectivity index is 2.15. The molecule has 0 radical (unpaired) electrons. The summed E-state index contributed by atoms with van der Waals surface area (Å²) in [6.45, 7) is 2.52. The van der Waals surface area contributed by atoms with Gasteiger partial charge in [-0.05, 0) is 26.1 Å². The summed E-state index contributed by atoms with van der Waals surface area (Å²) >= 11 is 0. The van der Waals surface area contributed by atoms with Crippen LogP contribution in [0.15, 0.2) is 29.1 Å². The lowest BCUT2D eigenvalue weighted by Gasteiger charge is -2.14. The van der Waals surface area contributed by atoms with Gasteiger partial charge in [-0.1, -0.05) is 12.1 Å². The monoisotopic (exact) mass is 275 g/mol. The van der Waals surface area contributed by atoms with E-state index in [2.05, 4.69) is 9.97 Å². The summed E-state index contributed by atoms with van der Waals surface area (Å²) in [4.78, 5) is 32.1. The summed E-state index contributed by atoms with van der Waals surface area (Å²) in [5, 5.41) is 0. The standard InChI is InChI=1S/C14H17N3O3/c1-3-20-13(18)9-17(2)8-12-14(19)16-11-7-5-4-6-10(11)15-12/h4-7H,3,8-9H2,1-2H3,(H,16,19). The van der Waals surface area contributed by atoms with Crippen molar-refractivity contribution in [1.82, 2.24) is 14.9 Å². The predicted octanol–water partition coefficient (Wildman–Crippen LogP) is 0.918. The maximum absolute atomic E-state index is 11.9. The number of nitrogens with one attached hydrogen (secondary N) is 1. The fourth-order valence-corrected chi connectivity index (χ4v) is 1.91. The van der Waals surface area contributed by atoms with Gasteiger partial charge in [0.1, 0.15) is 5.69 Å². The van der Waals surface area contributed by atoms with E-state index in [9.17, 15) is 9.59 Å². The Labute approximate surface area is 116 Å². The smallest absolute Gasteiger partial charge is 0.320 e. The van der Waals surface area contributed by atoms with E-state index in [1.165, 1.54) is 0 Å². The summed E-state index contributed by atoms with van der Waals surface area (Å²) in [6.07, 6.45) is 0. The summed E-state index contributed by atoms with van der Waals surface area (Å²) < 4.78 is 4.86. The highest BCUT2D eigenvalue weighted by Gasteiger charge is 2.11. The number of esters is 1. The van der Waals surface area contributed by atoms with Crippen LogP contribution in [0.3, 0.4) is 0 Å². The molecule has 0 aliphatic rings. The predicted molar refractivity (Wildman–Crippen MR) is 75.3 cm³/mol. The van der Waals surface area contributed by atoms with Gasteiger partial charge in [0.05, 0.1) is 24.2 Å². The van der Waals surface area contributed by atoms with Crippen molar-refractivity contribution < 1.29 is 9.53 Å². The topological polar surface area (TPSA) is 75.3 Å². The van der Waals surface area contributed by atoms with Gasteiger partial charge in [-0.15, -0.1) is 0 Å². The average molecular weight is 275 g/mol. The van der Waals surface area contributed by atoms with Gasteiger partial charge in [0.25, 0.3) is 5.56 Å². The van der Waals surface area contributed by atoms with Gasteiger partial charge in [-0.3, -0.25) is 14.5 Å². The number of hydrogen-bond donors (Lipinski definition) is 1. The van der Waals surface area contributed by atoms with Crippen LogP contribution in [0.5, 0.6) is 0 Å². The van der Waals surface area contributed by atoms with Crippen molar-refractivity contribution in [2.45, 2.75) is 13.5 Å². The van der Waals surface area contributed by atoms with E-state index in [4.69, 9.17) is 4.74 Å². The summed E-state index contributed by atoms with van der Waals surface area (Å²) in [6, 6.07) is 7.34. The van der Waals surface area contributed by atoms with E-state index in [0.29, 0.717) is 24.4 Å². The van der Waals surface area contributed by atoms with Crippen molar-refractivity contribution in [3.8, 4) is 0 Å². The van der Waals surface area contributed by atoms with Crippen molar-refractivity contribution in [1.29, 1.82) is 0 Å². The molecule has 1 heterocycles. The summed E-state index contributed by atoms with van der Waals surface area (Å²) in [7, 11) is 1.74. The Morgan fingerprint density at radius 2 is 2.15 bits per heavy atom. The molecule has 20 heavy (non-hydrogen) atoms. The van der Waals surface area contributed by atoms with E-state index in [1.54, 1.807) is 24.9 Å². The third-order valence-electron chi connectivity index (χ3n) is 2.79. The first-order valence-electron chi connectivity index (χ1n) is 6.42. The van der Waals surface area contributed by atoms with Gasteiger partial charge in [0, 0.05) is 6.54 Å². The van der Waals surface area contributed by atoms with Crippen molar-refractivity contribution >= 4 is 17.0 Å². The maximum atomic E-state index is 11.9. The van der Waals surface area contributed by atoms with Gasteiger partial charge >= 0.3 is 5.97 Å². The second-order valence-corrected chi connectivity index (χ2v) is 4.51. The molecule has 0 saturated heterocycles. The molecule has 0 atom stereocenters. The summed E-state index contributed by atoms with van der Waals surface area (Å²) in [5.41, 5.74) is 1.58. The van der Waals surface area contributed by atoms with Gasteiger partial charge in [0.2, 0.25) is 0 Å². The molecule has 1 aromatic heterocycles. The van der Waals surface area contributed by atoms with Crippen LogP contribution in [0.25, 0.3) is 11.0 Å². The van der Waals surface area contributed by atoms with Crippen molar-refractivity contribution in [2.75, 3.05) is 20.2 Å². The second kappa shape index (κ2) is 6.29. The highest BCUT2D eigenvalue weighted by molar-refractivity contribution is 5.73. The SMILES string of the molecule is CCOC(=O)CN(C)Cc1nc2ccccc2[nH]c1=O. The number of aromatic nitrogens is 2. The molecule has 1 aromatic carbocycles. The van der Waals surface area contributed by atoms with Crippen LogP contribution in [0, 0.1) is 0 Å². The fourth-order valence-electron chi connectivity index (χ4n) is 1.91. The van der Waals surface area contributed by atoms with Crippen LogP contribution in [0.1, 0.15) is 12.6 Å². The third-order valence-corrected chi connectivity index (χ3v) is 2.79. The molecule has 0 unspecified atom stereocenters. The van der Waals surface area contributed by atoms with Gasteiger partial charge in [-0.25, -0.2) is 4.98 Å². The lowest BCUT2D eigenvalue weighted by molar-refractivity contribution is -0.144. The number of carbonyl (C=O) groups is 1. The number of fused-ring (bicyclic) bond motifs is 1. The Morgan fingerprint density at radius 3 is 2.90 bits per heavy atom. The largest absolute Gasteiger partial charge is 0.465 e. The quantitative estimate of drug-likeness (QED) is 0.821. The first-order valence-corrected chi connectivity index (χ1v) is 6.42. The Hall–Kier alpha value is -2.21. The molecule has 6 heteroatoms. The second-order valence-electron chi connectivity index (χ2n) is 4.51. The number of rotatable bonds is 5. The maximum Gasteiger partial charge on any atom is 0.320 e. The number of aromatic amines is 1. The highest BCUT2D eigenvalue weighted by Crippen LogP contribution is 2.06. The number of ether oxygens (including phenoxy) is 1. The molecule has 0 fully saturated rings. The molecule has 2 aromatic rings. The molecule has 0 aliphatic heterocycles. The Bertz CT molecular complexity index is 666. The first-order chi connectivity index (χ1) is 9.60.